The molecule has 4 heterocycles. The van der Waals surface area contributed by atoms with Gasteiger partial charge in [-0.3, -0.25) is 9.78 Å². The maximum atomic E-state index is 13.0. The van der Waals surface area contributed by atoms with Gasteiger partial charge in [0.25, 0.3) is 5.91 Å². The highest BCUT2D eigenvalue weighted by atomic mass is 19.4. The van der Waals surface area contributed by atoms with Gasteiger partial charge in [0.2, 0.25) is 0 Å². The van der Waals surface area contributed by atoms with Gasteiger partial charge in [-0.1, -0.05) is 18.2 Å². The summed E-state index contributed by atoms with van der Waals surface area (Å²) in [6.45, 7) is 2.35. The van der Waals surface area contributed by atoms with E-state index in [1.54, 1.807) is 18.2 Å². The topological polar surface area (TPSA) is 76.5 Å². The van der Waals surface area contributed by atoms with Crippen molar-refractivity contribution in [2.75, 3.05) is 24.5 Å². The second-order valence-corrected chi connectivity index (χ2v) is 9.01. The van der Waals surface area contributed by atoms with Gasteiger partial charge in [-0.2, -0.15) is 17.9 Å². The van der Waals surface area contributed by atoms with Gasteiger partial charge in [0.15, 0.2) is 0 Å². The second kappa shape index (κ2) is 10.1. The molecular formula is C27H25F3N4O3. The van der Waals surface area contributed by atoms with Crippen LogP contribution in [-0.4, -0.2) is 47.4 Å². The zero-order valence-electron chi connectivity index (χ0n) is 19.9. The van der Waals surface area contributed by atoms with Gasteiger partial charge >= 0.3 is 12.1 Å². The van der Waals surface area contributed by atoms with Gasteiger partial charge in [-0.05, 0) is 61.2 Å². The van der Waals surface area contributed by atoms with Gasteiger partial charge in [0, 0.05) is 43.5 Å². The van der Waals surface area contributed by atoms with Crippen LogP contribution < -0.4 is 15.1 Å². The van der Waals surface area contributed by atoms with Crippen molar-refractivity contribution < 1.29 is 27.6 Å². The van der Waals surface area contributed by atoms with E-state index >= 15 is 0 Å². The molecule has 0 radical (unpaired) electrons. The van der Waals surface area contributed by atoms with E-state index in [0.29, 0.717) is 11.3 Å². The number of halogens is 3. The average Bonchev–Trinajstić information content (AvgIpc) is 3.27. The number of amides is 1. The lowest BCUT2D eigenvalue weighted by Crippen LogP contribution is -2.37. The number of aromatic nitrogens is 2. The molecule has 1 fully saturated rings. The maximum absolute atomic E-state index is 13.0. The van der Waals surface area contributed by atoms with E-state index in [0.717, 1.165) is 23.4 Å². The zero-order chi connectivity index (χ0) is 26.0. The molecular weight excluding hydrogens is 485 g/mol. The summed E-state index contributed by atoms with van der Waals surface area (Å²) in [7, 11) is 0. The Bertz CT molecular complexity index is 1340. The molecule has 1 amide bonds. The molecule has 2 aliphatic heterocycles. The minimum Gasteiger partial charge on any atom is -0.372 e. The van der Waals surface area contributed by atoms with Crippen molar-refractivity contribution in [2.45, 2.75) is 31.9 Å². The first kappa shape index (κ1) is 24.6. The molecule has 0 spiro atoms. The molecule has 2 aliphatic rings. The van der Waals surface area contributed by atoms with E-state index in [9.17, 15) is 22.8 Å². The van der Waals surface area contributed by atoms with Crippen molar-refractivity contribution in [3.8, 4) is 11.3 Å². The van der Waals surface area contributed by atoms with E-state index in [4.69, 9.17) is 4.84 Å². The summed E-state index contributed by atoms with van der Waals surface area (Å²) in [5.41, 5.74) is 3.70. The Morgan fingerprint density at radius 3 is 2.51 bits per heavy atom. The number of rotatable bonds is 5. The van der Waals surface area contributed by atoms with Crippen molar-refractivity contribution in [3.63, 3.8) is 0 Å². The van der Waals surface area contributed by atoms with Gasteiger partial charge in [0.05, 0.1) is 22.6 Å². The molecule has 0 saturated carbocycles. The van der Waals surface area contributed by atoms with E-state index < -0.39 is 18.1 Å². The number of nitrogens with one attached hydrogen (secondary N) is 1. The largest absolute Gasteiger partial charge is 0.493 e. The summed E-state index contributed by atoms with van der Waals surface area (Å²) >= 11 is 0. The van der Waals surface area contributed by atoms with Crippen molar-refractivity contribution >= 4 is 29.7 Å². The van der Waals surface area contributed by atoms with Crippen LogP contribution in [0.1, 0.15) is 46.6 Å². The molecule has 1 saturated heterocycles. The number of hydrogen-bond acceptors (Lipinski definition) is 5. The van der Waals surface area contributed by atoms with E-state index in [1.165, 1.54) is 37.2 Å². The Hall–Kier alpha value is -4.08. The number of piperidine rings is 1. The third-order valence-corrected chi connectivity index (χ3v) is 6.49. The molecule has 0 unspecified atom stereocenters. The Morgan fingerprint density at radius 1 is 1.03 bits per heavy atom. The quantitative estimate of drug-likeness (QED) is 0.547. The smallest absolute Gasteiger partial charge is 0.372 e. The standard InChI is InChI=1S/C27H25F3N4O3/c28-27(29,30)26(36)37-34-23-11-13-32-25(35)22(23)17-24(34)19-10-12-31-20(16-19)7-4-18-5-8-21(9-6-18)33-14-2-1-3-15-33/h4-10,12,16-17H,1-3,11,13-15H2,(H,32,35). The zero-order valence-corrected chi connectivity index (χ0v) is 19.9. The molecule has 37 heavy (non-hydrogen) atoms. The number of anilines is 1. The van der Waals surface area contributed by atoms with E-state index in [-0.39, 0.29) is 29.9 Å². The fourth-order valence-corrected chi connectivity index (χ4v) is 4.62. The van der Waals surface area contributed by atoms with Crippen LogP contribution in [0.3, 0.4) is 0 Å². The first-order valence-electron chi connectivity index (χ1n) is 12.1. The lowest BCUT2D eigenvalue weighted by Gasteiger charge is -2.28. The Balaban J connectivity index is 1.41. The number of alkyl halides is 3. The molecule has 0 aliphatic carbocycles. The van der Waals surface area contributed by atoms with Gasteiger partial charge in [-0.25, -0.2) is 4.79 Å². The molecule has 5 rings (SSSR count). The van der Waals surface area contributed by atoms with Crippen LogP contribution in [-0.2, 0) is 11.2 Å². The highest BCUT2D eigenvalue weighted by Gasteiger charge is 2.43. The molecule has 10 heteroatoms. The predicted molar refractivity (Wildman–Crippen MR) is 133 cm³/mol. The lowest BCUT2D eigenvalue weighted by molar-refractivity contribution is -0.199. The van der Waals surface area contributed by atoms with Gasteiger partial charge < -0.3 is 15.1 Å². The maximum Gasteiger partial charge on any atom is 0.493 e. The molecule has 192 valence electrons. The number of pyridine rings is 1. The van der Waals surface area contributed by atoms with Gasteiger partial charge in [-0.15, -0.1) is 0 Å². The second-order valence-electron chi connectivity index (χ2n) is 9.01. The van der Waals surface area contributed by atoms with Crippen molar-refractivity contribution in [2.24, 2.45) is 0 Å². The molecule has 0 bridgehead atoms. The SMILES string of the molecule is O=C1NCCc2c1cc(-c1ccnc(C=Cc3ccc(N4CCCCC4)cc3)c1)n2OC(=O)C(F)(F)F. The van der Waals surface area contributed by atoms with Crippen molar-refractivity contribution in [3.05, 3.63) is 71.2 Å². The highest BCUT2D eigenvalue weighted by Crippen LogP contribution is 2.29. The minimum atomic E-state index is -5.18. The molecule has 1 N–H and O–H groups in total. The Kier molecular flexibility index (Phi) is 6.73. The summed E-state index contributed by atoms with van der Waals surface area (Å²) < 4.78 is 39.7. The van der Waals surface area contributed by atoms with Gasteiger partial charge in [0.1, 0.15) is 0 Å². The monoisotopic (exact) mass is 510 g/mol. The third-order valence-electron chi connectivity index (χ3n) is 6.49. The summed E-state index contributed by atoms with van der Waals surface area (Å²) in [5, 5.41) is 2.65. The number of fused-ring (bicyclic) bond motifs is 1. The normalized spacial score (nSPS) is 16.0. The first-order valence-corrected chi connectivity index (χ1v) is 12.1. The van der Waals surface area contributed by atoms with Crippen molar-refractivity contribution in [1.82, 2.24) is 15.0 Å². The van der Waals surface area contributed by atoms with Crippen LogP contribution in [0.25, 0.3) is 23.4 Å². The minimum absolute atomic E-state index is 0.155. The summed E-state index contributed by atoms with van der Waals surface area (Å²) in [6, 6.07) is 12.9. The fourth-order valence-electron chi connectivity index (χ4n) is 4.62. The number of nitrogens with zero attached hydrogens (tertiary/aromatic N) is 3. The first-order chi connectivity index (χ1) is 17.8. The van der Waals surface area contributed by atoms with Crippen LogP contribution in [0.5, 0.6) is 0 Å². The molecule has 1 aromatic carbocycles. The third kappa shape index (κ3) is 5.37. The molecule has 0 atom stereocenters. The molecule has 2 aromatic heterocycles. The average molecular weight is 511 g/mol. The number of carbonyl (C=O) groups excluding carboxylic acids is 2. The molecule has 7 nitrogen and oxygen atoms in total. The summed E-state index contributed by atoms with van der Waals surface area (Å²) in [5.74, 6) is -2.80. The number of benzene rings is 1. The van der Waals surface area contributed by atoms with E-state index in [2.05, 4.69) is 27.3 Å². The van der Waals surface area contributed by atoms with Crippen LogP contribution in [0.2, 0.25) is 0 Å². The summed E-state index contributed by atoms with van der Waals surface area (Å²) in [4.78, 5) is 35.4. The number of carbonyl (C=O) groups is 2. The predicted octanol–water partition coefficient (Wildman–Crippen LogP) is 4.51. The highest BCUT2D eigenvalue weighted by molar-refractivity contribution is 5.98. The van der Waals surface area contributed by atoms with Crippen molar-refractivity contribution in [1.29, 1.82) is 0 Å². The fraction of sp³-hybridized carbons (Fsp3) is 0.296. The van der Waals surface area contributed by atoms with Crippen LogP contribution in [0.4, 0.5) is 18.9 Å². The Morgan fingerprint density at radius 2 is 1.78 bits per heavy atom. The number of hydrogen-bond donors (Lipinski definition) is 1. The molecule has 3 aromatic rings. The summed E-state index contributed by atoms with van der Waals surface area (Å²) in [6.07, 6.45) is 3.92. The van der Waals surface area contributed by atoms with Crippen LogP contribution in [0, 0.1) is 0 Å². The Labute approximate surface area is 211 Å². The van der Waals surface area contributed by atoms with Crippen LogP contribution >= 0.6 is 0 Å². The van der Waals surface area contributed by atoms with Crippen LogP contribution in [0.15, 0.2) is 48.7 Å². The lowest BCUT2D eigenvalue weighted by atomic mass is 10.1. The van der Waals surface area contributed by atoms with E-state index in [1.807, 2.05) is 18.2 Å².